The van der Waals surface area contributed by atoms with Crippen LogP contribution in [0.2, 0.25) is 0 Å². The van der Waals surface area contributed by atoms with Gasteiger partial charge in [0.15, 0.2) is 23.2 Å². The molecule has 134 valence electrons. The number of halogens is 3. The van der Waals surface area contributed by atoms with Gasteiger partial charge in [-0.15, -0.1) is 5.10 Å². The fraction of sp³-hybridized carbons (Fsp3) is 0.357. The molecule has 0 radical (unpaired) electrons. The van der Waals surface area contributed by atoms with Crippen LogP contribution in [0.25, 0.3) is 28.1 Å². The summed E-state index contributed by atoms with van der Waals surface area (Å²) in [6, 6.07) is -2.04. The maximum Gasteiger partial charge on any atom is 0.410 e. The average molecular weight is 363 g/mol. The van der Waals surface area contributed by atoms with Crippen LogP contribution in [0.4, 0.5) is 19.0 Å². The van der Waals surface area contributed by atoms with Crippen molar-refractivity contribution in [3.8, 4) is 11.4 Å². The molecule has 1 aliphatic rings. The number of nitrogens with one attached hydrogen (secondary N) is 2. The number of aromatic amines is 1. The van der Waals surface area contributed by atoms with Crippen molar-refractivity contribution in [2.75, 3.05) is 5.32 Å². The molecule has 2 atom stereocenters. The minimum atomic E-state index is -4.38. The number of anilines is 1. The smallest absolute Gasteiger partial charge is 0.367 e. The van der Waals surface area contributed by atoms with E-state index in [0.717, 1.165) is 4.68 Å². The van der Waals surface area contributed by atoms with Gasteiger partial charge in [-0.25, -0.2) is 19.2 Å². The van der Waals surface area contributed by atoms with Gasteiger partial charge in [0.2, 0.25) is 0 Å². The molecule has 12 heteroatoms. The number of nitrogens with zero attached hydrogens (tertiary/aromatic N) is 7. The lowest BCUT2D eigenvalue weighted by Crippen LogP contribution is -2.38. The van der Waals surface area contributed by atoms with Crippen LogP contribution in [0.1, 0.15) is 19.4 Å². The Kier molecular flexibility index (Phi) is 2.86. The fourth-order valence-corrected chi connectivity index (χ4v) is 3.26. The molecule has 0 aromatic carbocycles. The molecule has 0 amide bonds. The molecule has 5 rings (SSSR count). The Hall–Kier alpha value is -3.18. The van der Waals surface area contributed by atoms with Gasteiger partial charge in [-0.1, -0.05) is 0 Å². The highest BCUT2D eigenvalue weighted by Gasteiger charge is 2.46. The molecule has 9 nitrogen and oxygen atoms in total. The van der Waals surface area contributed by atoms with E-state index in [4.69, 9.17) is 0 Å². The van der Waals surface area contributed by atoms with Crippen molar-refractivity contribution in [1.29, 1.82) is 0 Å². The molecule has 2 N–H and O–H groups in total. The van der Waals surface area contributed by atoms with Gasteiger partial charge in [-0.05, 0) is 13.3 Å². The van der Waals surface area contributed by atoms with Gasteiger partial charge >= 0.3 is 6.18 Å². The largest absolute Gasteiger partial charge is 0.410 e. The van der Waals surface area contributed by atoms with Crippen LogP contribution >= 0.6 is 0 Å². The second kappa shape index (κ2) is 4.93. The van der Waals surface area contributed by atoms with Crippen molar-refractivity contribution in [2.45, 2.75) is 31.6 Å². The first-order valence-electron chi connectivity index (χ1n) is 7.87. The van der Waals surface area contributed by atoms with Crippen LogP contribution < -0.4 is 5.32 Å². The number of rotatable bonds is 1. The average Bonchev–Trinajstić information content (AvgIpc) is 3.28. The zero-order chi connectivity index (χ0) is 18.1. The van der Waals surface area contributed by atoms with Gasteiger partial charge in [0, 0.05) is 6.04 Å². The van der Waals surface area contributed by atoms with Crippen molar-refractivity contribution < 1.29 is 13.2 Å². The minimum Gasteiger partial charge on any atom is -0.367 e. The fourth-order valence-electron chi connectivity index (χ4n) is 3.26. The maximum atomic E-state index is 13.4. The molecule has 2 unspecified atom stereocenters. The SMILES string of the molecule is CC1CC(C(F)(F)F)n2ncc(-c3nc4c5cn[nH]c5ncn4n3)c2N1. The van der Waals surface area contributed by atoms with Gasteiger partial charge in [-0.3, -0.25) is 5.10 Å². The Labute approximate surface area is 143 Å². The van der Waals surface area contributed by atoms with Crippen molar-refractivity contribution >= 4 is 22.5 Å². The van der Waals surface area contributed by atoms with Crippen molar-refractivity contribution in [2.24, 2.45) is 0 Å². The summed E-state index contributed by atoms with van der Waals surface area (Å²) in [4.78, 5) is 8.62. The summed E-state index contributed by atoms with van der Waals surface area (Å²) < 4.78 is 42.5. The van der Waals surface area contributed by atoms with Crippen LogP contribution in [0.3, 0.4) is 0 Å². The monoisotopic (exact) mass is 363 g/mol. The second-order valence-electron chi connectivity index (χ2n) is 6.27. The lowest BCUT2D eigenvalue weighted by molar-refractivity contribution is -0.173. The van der Waals surface area contributed by atoms with Crippen LogP contribution in [0.15, 0.2) is 18.7 Å². The van der Waals surface area contributed by atoms with Crippen molar-refractivity contribution in [1.82, 2.24) is 39.6 Å². The number of H-pyrrole nitrogens is 1. The molecule has 1 aliphatic heterocycles. The molecular formula is C14H12F3N9. The van der Waals surface area contributed by atoms with E-state index >= 15 is 0 Å². The molecule has 0 saturated carbocycles. The first-order valence-corrected chi connectivity index (χ1v) is 7.87. The van der Waals surface area contributed by atoms with Gasteiger partial charge in [0.1, 0.15) is 12.1 Å². The third-order valence-corrected chi connectivity index (χ3v) is 4.46. The third kappa shape index (κ3) is 2.07. The molecule has 26 heavy (non-hydrogen) atoms. The Balaban J connectivity index is 1.68. The van der Waals surface area contributed by atoms with E-state index in [-0.39, 0.29) is 24.1 Å². The third-order valence-electron chi connectivity index (χ3n) is 4.46. The topological polar surface area (TPSA) is 102 Å². The summed E-state index contributed by atoms with van der Waals surface area (Å²) in [6.07, 6.45) is -0.0717. The summed E-state index contributed by atoms with van der Waals surface area (Å²) >= 11 is 0. The number of hydrogen-bond donors (Lipinski definition) is 2. The molecule has 0 spiro atoms. The van der Waals surface area contributed by atoms with Gasteiger partial charge in [0.05, 0.1) is 23.3 Å². The highest BCUT2D eigenvalue weighted by molar-refractivity contribution is 5.89. The first kappa shape index (κ1) is 15.1. The zero-order valence-electron chi connectivity index (χ0n) is 13.4. The zero-order valence-corrected chi connectivity index (χ0v) is 13.4. The predicted molar refractivity (Wildman–Crippen MR) is 84.4 cm³/mol. The molecule has 4 aromatic heterocycles. The first-order chi connectivity index (χ1) is 12.4. The Morgan fingerprint density at radius 3 is 2.92 bits per heavy atom. The second-order valence-corrected chi connectivity index (χ2v) is 6.27. The number of alkyl halides is 3. The summed E-state index contributed by atoms with van der Waals surface area (Å²) in [5.41, 5.74) is 1.47. The van der Waals surface area contributed by atoms with Gasteiger partial charge in [-0.2, -0.15) is 23.4 Å². The van der Waals surface area contributed by atoms with Crippen molar-refractivity contribution in [3.05, 3.63) is 18.7 Å². The predicted octanol–water partition coefficient (Wildman–Crippen LogP) is 2.17. The molecular weight excluding hydrogens is 351 g/mol. The van der Waals surface area contributed by atoms with E-state index in [2.05, 4.69) is 35.7 Å². The van der Waals surface area contributed by atoms with E-state index in [1.807, 2.05) is 0 Å². The molecule has 0 fully saturated rings. The van der Waals surface area contributed by atoms with Crippen LogP contribution in [0.5, 0.6) is 0 Å². The van der Waals surface area contributed by atoms with Gasteiger partial charge < -0.3 is 5.32 Å². The van der Waals surface area contributed by atoms with Crippen molar-refractivity contribution in [3.63, 3.8) is 0 Å². The molecule has 0 bridgehead atoms. The van der Waals surface area contributed by atoms with E-state index in [9.17, 15) is 13.2 Å². The lowest BCUT2D eigenvalue weighted by Gasteiger charge is -2.31. The summed E-state index contributed by atoms with van der Waals surface area (Å²) in [7, 11) is 0. The highest BCUT2D eigenvalue weighted by atomic mass is 19.4. The minimum absolute atomic E-state index is 0.0875. The molecule has 0 saturated heterocycles. The van der Waals surface area contributed by atoms with Crippen LogP contribution in [0, 0.1) is 0 Å². The maximum absolute atomic E-state index is 13.4. The summed E-state index contributed by atoms with van der Waals surface area (Å²) in [5, 5.41) is 18.7. The van der Waals surface area contributed by atoms with E-state index < -0.39 is 12.2 Å². The lowest BCUT2D eigenvalue weighted by atomic mass is 10.1. The quantitative estimate of drug-likeness (QED) is 0.537. The number of fused-ring (bicyclic) bond motifs is 4. The molecule has 0 aliphatic carbocycles. The van der Waals surface area contributed by atoms with Gasteiger partial charge in [0.25, 0.3) is 0 Å². The Morgan fingerprint density at radius 2 is 2.12 bits per heavy atom. The Bertz CT molecular complexity index is 1120. The molecule has 4 aromatic rings. The standard InChI is InChI=1S/C14H12F3N9/c1-6-2-9(14(15,16)17)26-13(21-6)8(4-20-26)11-22-12-7-3-19-23-10(7)18-5-25(12)24-11/h3-6,9,21H,2H2,1H3,(H,19,23). The van der Waals surface area contributed by atoms with Crippen LogP contribution in [-0.4, -0.2) is 51.8 Å². The molecule has 5 heterocycles. The summed E-state index contributed by atoms with van der Waals surface area (Å²) in [6.45, 7) is 1.70. The van der Waals surface area contributed by atoms with E-state index in [1.54, 1.807) is 13.1 Å². The summed E-state index contributed by atoms with van der Waals surface area (Å²) in [5.74, 6) is 0.530. The number of hydrogen-bond acceptors (Lipinski definition) is 6. The Morgan fingerprint density at radius 1 is 1.27 bits per heavy atom. The number of aromatic nitrogens is 8. The normalized spacial score (nSPS) is 20.5. The van der Waals surface area contributed by atoms with Crippen LogP contribution in [-0.2, 0) is 0 Å². The van der Waals surface area contributed by atoms with E-state index in [1.165, 1.54) is 17.0 Å². The highest BCUT2D eigenvalue weighted by Crippen LogP contribution is 2.41. The van der Waals surface area contributed by atoms with E-state index in [0.29, 0.717) is 22.2 Å².